The van der Waals surface area contributed by atoms with Gasteiger partial charge in [-0.3, -0.25) is 4.79 Å². The molecule has 2 rings (SSSR count). The first-order valence-corrected chi connectivity index (χ1v) is 6.95. The molecule has 1 aliphatic rings. The predicted octanol–water partition coefficient (Wildman–Crippen LogP) is 1.49. The highest BCUT2D eigenvalue weighted by Crippen LogP contribution is 2.21. The molecule has 0 spiro atoms. The fraction of sp³-hybridized carbons (Fsp3) is 0.400. The number of carbonyl (C=O) groups excluding carboxylic acids is 2. The van der Waals surface area contributed by atoms with E-state index in [1.165, 1.54) is 34.1 Å². The second-order valence-corrected chi connectivity index (χ2v) is 5.16. The van der Waals surface area contributed by atoms with Crippen LogP contribution in [0.2, 0.25) is 0 Å². The quantitative estimate of drug-likeness (QED) is 0.915. The lowest BCUT2D eigenvalue weighted by atomic mass is 10.2. The Morgan fingerprint density at radius 2 is 2.18 bits per heavy atom. The van der Waals surface area contributed by atoms with E-state index in [-0.39, 0.29) is 36.6 Å². The maximum atomic E-state index is 12.9. The predicted molar refractivity (Wildman–Crippen MR) is 78.5 cm³/mol. The lowest BCUT2D eigenvalue weighted by Crippen LogP contribution is -2.44. The van der Waals surface area contributed by atoms with Crippen molar-refractivity contribution in [1.29, 1.82) is 5.26 Å². The minimum atomic E-state index is -0.362. The largest absolute Gasteiger partial charge is 0.333 e. The molecule has 1 heterocycles. The van der Waals surface area contributed by atoms with E-state index >= 15 is 0 Å². The molecule has 1 aromatic rings. The maximum absolute atomic E-state index is 12.9. The summed E-state index contributed by atoms with van der Waals surface area (Å²) in [6.07, 6.45) is 0.463. The number of halogens is 1. The van der Waals surface area contributed by atoms with Gasteiger partial charge >= 0.3 is 6.03 Å². The Morgan fingerprint density at radius 3 is 2.82 bits per heavy atom. The number of hydrogen-bond acceptors (Lipinski definition) is 3. The second kappa shape index (κ2) is 6.89. The fourth-order valence-electron chi connectivity index (χ4n) is 2.28. The molecule has 22 heavy (non-hydrogen) atoms. The zero-order chi connectivity index (χ0) is 16.1. The van der Waals surface area contributed by atoms with Crippen LogP contribution in [0.5, 0.6) is 0 Å². The summed E-state index contributed by atoms with van der Waals surface area (Å²) >= 11 is 0. The number of nitrogens with one attached hydrogen (secondary N) is 1. The van der Waals surface area contributed by atoms with Crippen molar-refractivity contribution in [2.45, 2.75) is 18.9 Å². The normalized spacial score (nSPS) is 17.2. The average molecular weight is 304 g/mol. The molecule has 116 valence electrons. The van der Waals surface area contributed by atoms with Gasteiger partial charge in [0.25, 0.3) is 0 Å². The molecular weight excluding hydrogens is 287 g/mol. The topological polar surface area (TPSA) is 76.4 Å². The van der Waals surface area contributed by atoms with Gasteiger partial charge in [-0.1, -0.05) is 0 Å². The number of hydrogen-bond donors (Lipinski definition) is 1. The van der Waals surface area contributed by atoms with Crippen molar-refractivity contribution in [3.63, 3.8) is 0 Å². The van der Waals surface area contributed by atoms with E-state index in [1.807, 2.05) is 6.07 Å². The Hall–Kier alpha value is -2.62. The van der Waals surface area contributed by atoms with Crippen molar-refractivity contribution >= 4 is 17.6 Å². The molecule has 0 bridgehead atoms. The molecule has 6 nitrogen and oxygen atoms in total. The SMILES string of the molecule is CN(CCC#N)C(=O)NC1CC(=O)N(c2ccc(F)cc2)C1. The highest BCUT2D eigenvalue weighted by molar-refractivity contribution is 5.96. The number of nitriles is 1. The molecule has 0 radical (unpaired) electrons. The van der Waals surface area contributed by atoms with Gasteiger partial charge in [0.15, 0.2) is 0 Å². The van der Waals surface area contributed by atoms with E-state index in [1.54, 1.807) is 7.05 Å². The number of carbonyl (C=O) groups is 2. The van der Waals surface area contributed by atoms with Gasteiger partial charge in [0.1, 0.15) is 5.82 Å². The first kappa shape index (κ1) is 15.8. The third kappa shape index (κ3) is 3.73. The summed E-state index contributed by atoms with van der Waals surface area (Å²) in [6, 6.07) is 7.03. The molecule has 0 saturated carbocycles. The summed E-state index contributed by atoms with van der Waals surface area (Å²) in [5.74, 6) is -0.476. The minimum absolute atomic E-state index is 0.114. The summed E-state index contributed by atoms with van der Waals surface area (Å²) in [5.41, 5.74) is 0.612. The van der Waals surface area contributed by atoms with Crippen molar-refractivity contribution in [2.24, 2.45) is 0 Å². The first-order valence-electron chi connectivity index (χ1n) is 6.95. The summed E-state index contributed by atoms with van der Waals surface area (Å²) in [5, 5.41) is 11.3. The van der Waals surface area contributed by atoms with Crippen molar-refractivity contribution in [3.05, 3.63) is 30.1 Å². The number of benzene rings is 1. The van der Waals surface area contributed by atoms with Crippen LogP contribution < -0.4 is 10.2 Å². The van der Waals surface area contributed by atoms with E-state index in [2.05, 4.69) is 5.32 Å². The Balaban J connectivity index is 1.93. The van der Waals surface area contributed by atoms with Gasteiger partial charge in [0.2, 0.25) is 5.91 Å². The van der Waals surface area contributed by atoms with Gasteiger partial charge in [-0.2, -0.15) is 5.26 Å². The van der Waals surface area contributed by atoms with Crippen molar-refractivity contribution in [2.75, 3.05) is 25.0 Å². The highest BCUT2D eigenvalue weighted by atomic mass is 19.1. The summed E-state index contributed by atoms with van der Waals surface area (Å²) in [4.78, 5) is 26.9. The maximum Gasteiger partial charge on any atom is 0.317 e. The van der Waals surface area contributed by atoms with Crippen LogP contribution in [0.25, 0.3) is 0 Å². The standard InChI is InChI=1S/C15H17FN4O2/c1-19(8-2-7-17)15(22)18-12-9-14(21)20(10-12)13-5-3-11(16)4-6-13/h3-6,12H,2,8-10H2,1H3,(H,18,22). The molecule has 1 saturated heterocycles. The molecular formula is C15H17FN4O2. The molecule has 0 aromatic heterocycles. The van der Waals surface area contributed by atoms with Crippen molar-refractivity contribution in [3.8, 4) is 6.07 Å². The van der Waals surface area contributed by atoms with E-state index in [4.69, 9.17) is 5.26 Å². The van der Waals surface area contributed by atoms with Crippen LogP contribution in [0, 0.1) is 17.1 Å². The molecule has 1 unspecified atom stereocenters. The number of rotatable bonds is 4. The third-order valence-corrected chi connectivity index (χ3v) is 3.50. The van der Waals surface area contributed by atoms with Crippen molar-refractivity contribution in [1.82, 2.24) is 10.2 Å². The molecule has 0 aliphatic carbocycles. The molecule has 7 heteroatoms. The monoisotopic (exact) mass is 304 g/mol. The average Bonchev–Trinajstić information content (AvgIpc) is 2.86. The van der Waals surface area contributed by atoms with Crippen molar-refractivity contribution < 1.29 is 14.0 Å². The highest BCUT2D eigenvalue weighted by Gasteiger charge is 2.32. The zero-order valence-corrected chi connectivity index (χ0v) is 12.3. The van der Waals surface area contributed by atoms with Crippen LogP contribution in [-0.2, 0) is 4.79 Å². The van der Waals surface area contributed by atoms with Gasteiger partial charge < -0.3 is 15.1 Å². The second-order valence-electron chi connectivity index (χ2n) is 5.16. The summed E-state index contributed by atoms with van der Waals surface area (Å²) < 4.78 is 12.9. The smallest absolute Gasteiger partial charge is 0.317 e. The first-order chi connectivity index (χ1) is 10.5. The zero-order valence-electron chi connectivity index (χ0n) is 12.3. The molecule has 3 amide bonds. The Bertz CT molecular complexity index is 597. The van der Waals surface area contributed by atoms with Gasteiger partial charge in [-0.05, 0) is 24.3 Å². The van der Waals surface area contributed by atoms with Crippen LogP contribution in [0.3, 0.4) is 0 Å². The van der Waals surface area contributed by atoms with Crippen LogP contribution in [0.1, 0.15) is 12.8 Å². The van der Waals surface area contributed by atoms with E-state index in [0.29, 0.717) is 18.8 Å². The van der Waals surface area contributed by atoms with Gasteiger partial charge in [0.05, 0.1) is 18.5 Å². The van der Waals surface area contributed by atoms with Crippen LogP contribution in [0.15, 0.2) is 24.3 Å². The Labute approximate surface area is 128 Å². The molecule has 1 aliphatic heterocycles. The molecule has 1 fully saturated rings. The van der Waals surface area contributed by atoms with Gasteiger partial charge in [-0.25, -0.2) is 9.18 Å². The minimum Gasteiger partial charge on any atom is -0.333 e. The Morgan fingerprint density at radius 1 is 1.50 bits per heavy atom. The van der Waals surface area contributed by atoms with Gasteiger partial charge in [0, 0.05) is 32.2 Å². The summed E-state index contributed by atoms with van der Waals surface area (Å²) in [6.45, 7) is 0.687. The fourth-order valence-corrected chi connectivity index (χ4v) is 2.28. The molecule has 1 N–H and O–H groups in total. The number of nitrogens with zero attached hydrogens (tertiary/aromatic N) is 3. The lowest BCUT2D eigenvalue weighted by Gasteiger charge is -2.20. The lowest BCUT2D eigenvalue weighted by molar-refractivity contribution is -0.117. The molecule has 1 aromatic carbocycles. The van der Waals surface area contributed by atoms with Crippen LogP contribution >= 0.6 is 0 Å². The summed E-state index contributed by atoms with van der Waals surface area (Å²) in [7, 11) is 1.60. The number of anilines is 1. The number of urea groups is 1. The molecule has 1 atom stereocenters. The van der Waals surface area contributed by atoms with E-state index in [0.717, 1.165) is 0 Å². The van der Waals surface area contributed by atoms with E-state index in [9.17, 15) is 14.0 Å². The van der Waals surface area contributed by atoms with Crippen LogP contribution in [0.4, 0.5) is 14.9 Å². The van der Waals surface area contributed by atoms with Gasteiger partial charge in [-0.15, -0.1) is 0 Å². The Kier molecular flexibility index (Phi) is 4.94. The third-order valence-electron chi connectivity index (χ3n) is 3.50. The van der Waals surface area contributed by atoms with Crippen LogP contribution in [-0.4, -0.2) is 43.0 Å². The number of amides is 3. The van der Waals surface area contributed by atoms with E-state index < -0.39 is 0 Å².